The molecule has 1 aromatic heterocycles. The Morgan fingerprint density at radius 3 is 2.58 bits per heavy atom. The van der Waals surface area contributed by atoms with Gasteiger partial charge in [-0.25, -0.2) is 0 Å². The van der Waals surface area contributed by atoms with Crippen LogP contribution in [0.15, 0.2) is 60.0 Å². The lowest BCUT2D eigenvalue weighted by Crippen LogP contribution is -2.40. The van der Waals surface area contributed by atoms with E-state index in [1.807, 2.05) is 35.2 Å². The van der Waals surface area contributed by atoms with Gasteiger partial charge in [0.25, 0.3) is 5.91 Å². The van der Waals surface area contributed by atoms with Crippen LogP contribution in [0.4, 0.5) is 0 Å². The van der Waals surface area contributed by atoms with E-state index in [1.165, 1.54) is 21.6 Å². The SMILES string of the molecule is COc1ccc(C(=O)N2CCc3sccc3C2c2ccccc2C)cc1. The fourth-order valence-electron chi connectivity index (χ4n) is 3.66. The first kappa shape index (κ1) is 16.9. The third-order valence-corrected chi connectivity index (χ3v) is 6.04. The number of amides is 1. The van der Waals surface area contributed by atoms with E-state index in [1.54, 1.807) is 18.4 Å². The number of ether oxygens (including phenoxy) is 1. The summed E-state index contributed by atoms with van der Waals surface area (Å²) in [5.74, 6) is 0.827. The van der Waals surface area contributed by atoms with Gasteiger partial charge < -0.3 is 9.64 Å². The van der Waals surface area contributed by atoms with Crippen molar-refractivity contribution in [3.05, 3.63) is 87.1 Å². The van der Waals surface area contributed by atoms with E-state index in [0.717, 1.165) is 18.7 Å². The summed E-state index contributed by atoms with van der Waals surface area (Å²) in [6.45, 7) is 2.85. The van der Waals surface area contributed by atoms with E-state index >= 15 is 0 Å². The maximum Gasteiger partial charge on any atom is 0.254 e. The Hall–Kier alpha value is -2.59. The quantitative estimate of drug-likeness (QED) is 0.665. The monoisotopic (exact) mass is 363 g/mol. The van der Waals surface area contributed by atoms with Crippen LogP contribution in [0.2, 0.25) is 0 Å². The van der Waals surface area contributed by atoms with Crippen molar-refractivity contribution in [3.63, 3.8) is 0 Å². The van der Waals surface area contributed by atoms with Crippen molar-refractivity contribution in [3.8, 4) is 5.75 Å². The van der Waals surface area contributed by atoms with Gasteiger partial charge in [-0.2, -0.15) is 0 Å². The van der Waals surface area contributed by atoms with Crippen LogP contribution in [-0.4, -0.2) is 24.5 Å². The molecule has 1 unspecified atom stereocenters. The number of fused-ring (bicyclic) bond motifs is 1. The van der Waals surface area contributed by atoms with Crippen molar-refractivity contribution in [2.75, 3.05) is 13.7 Å². The van der Waals surface area contributed by atoms with Crippen molar-refractivity contribution >= 4 is 17.2 Å². The summed E-state index contributed by atoms with van der Waals surface area (Å²) in [5.41, 5.74) is 4.37. The molecule has 0 saturated carbocycles. The lowest BCUT2D eigenvalue weighted by atomic mass is 9.90. The van der Waals surface area contributed by atoms with Gasteiger partial charge in [0.15, 0.2) is 0 Å². The smallest absolute Gasteiger partial charge is 0.254 e. The first-order valence-corrected chi connectivity index (χ1v) is 9.64. The second-order valence-corrected chi connectivity index (χ2v) is 7.54. The second kappa shape index (κ2) is 6.96. The molecule has 0 radical (unpaired) electrons. The van der Waals surface area contributed by atoms with Gasteiger partial charge in [-0.1, -0.05) is 24.3 Å². The molecule has 0 aliphatic carbocycles. The van der Waals surface area contributed by atoms with E-state index < -0.39 is 0 Å². The highest BCUT2D eigenvalue weighted by Crippen LogP contribution is 2.39. The van der Waals surface area contributed by atoms with Gasteiger partial charge in [0.1, 0.15) is 5.75 Å². The molecular formula is C22H21NO2S. The molecule has 4 heteroatoms. The van der Waals surface area contributed by atoms with Gasteiger partial charge in [-0.3, -0.25) is 4.79 Å². The van der Waals surface area contributed by atoms with Gasteiger partial charge in [-0.05, 0) is 65.7 Å². The highest BCUT2D eigenvalue weighted by atomic mass is 32.1. The third kappa shape index (κ3) is 2.90. The minimum atomic E-state index is -0.0270. The van der Waals surface area contributed by atoms with Gasteiger partial charge in [-0.15, -0.1) is 11.3 Å². The third-order valence-electron chi connectivity index (χ3n) is 5.05. The van der Waals surface area contributed by atoms with E-state index in [4.69, 9.17) is 4.74 Å². The average Bonchev–Trinajstić information content (AvgIpc) is 3.16. The largest absolute Gasteiger partial charge is 0.497 e. The zero-order valence-corrected chi connectivity index (χ0v) is 15.8. The molecule has 2 aromatic carbocycles. The number of thiophene rings is 1. The molecule has 0 saturated heterocycles. The molecule has 2 heterocycles. The molecule has 26 heavy (non-hydrogen) atoms. The number of rotatable bonds is 3. The van der Waals surface area contributed by atoms with E-state index in [2.05, 4.69) is 36.6 Å². The van der Waals surface area contributed by atoms with Crippen molar-refractivity contribution in [2.45, 2.75) is 19.4 Å². The highest BCUT2D eigenvalue weighted by Gasteiger charge is 2.33. The summed E-state index contributed by atoms with van der Waals surface area (Å²) in [7, 11) is 1.63. The summed E-state index contributed by atoms with van der Waals surface area (Å²) in [6.07, 6.45) is 0.914. The van der Waals surface area contributed by atoms with Gasteiger partial charge in [0.2, 0.25) is 0 Å². The van der Waals surface area contributed by atoms with Gasteiger partial charge in [0.05, 0.1) is 13.2 Å². The molecule has 1 atom stereocenters. The normalized spacial score (nSPS) is 16.2. The molecule has 132 valence electrons. The van der Waals surface area contributed by atoms with Crippen molar-refractivity contribution < 1.29 is 9.53 Å². The Bertz CT molecular complexity index is 929. The second-order valence-electron chi connectivity index (χ2n) is 6.54. The minimum Gasteiger partial charge on any atom is -0.497 e. The molecular weight excluding hydrogens is 342 g/mol. The summed E-state index contributed by atoms with van der Waals surface area (Å²) >= 11 is 1.79. The standard InChI is InChI=1S/C22H21NO2S/c1-15-5-3-4-6-18(15)21-19-12-14-26-20(19)11-13-23(21)22(24)16-7-9-17(25-2)10-8-16/h3-10,12,14,21H,11,13H2,1-2H3. The molecule has 0 spiro atoms. The van der Waals surface area contributed by atoms with Crippen LogP contribution in [0.3, 0.4) is 0 Å². The number of carbonyl (C=O) groups excluding carboxylic acids is 1. The van der Waals surface area contributed by atoms with Crippen LogP contribution < -0.4 is 4.74 Å². The Kier molecular flexibility index (Phi) is 4.51. The molecule has 3 nitrogen and oxygen atoms in total. The molecule has 0 fully saturated rings. The van der Waals surface area contributed by atoms with Crippen molar-refractivity contribution in [1.29, 1.82) is 0 Å². The summed E-state index contributed by atoms with van der Waals surface area (Å²) in [4.78, 5) is 16.7. The predicted octanol–water partition coefficient (Wildman–Crippen LogP) is 4.85. The molecule has 3 aromatic rings. The van der Waals surface area contributed by atoms with E-state index in [9.17, 15) is 4.79 Å². The van der Waals surface area contributed by atoms with E-state index in [0.29, 0.717) is 5.56 Å². The van der Waals surface area contributed by atoms with Crippen LogP contribution in [0, 0.1) is 6.92 Å². The predicted molar refractivity (Wildman–Crippen MR) is 105 cm³/mol. The Morgan fingerprint density at radius 2 is 1.85 bits per heavy atom. The summed E-state index contributed by atoms with van der Waals surface area (Å²) in [6, 6.07) is 17.9. The molecule has 1 aliphatic heterocycles. The van der Waals surface area contributed by atoms with Crippen molar-refractivity contribution in [2.24, 2.45) is 0 Å². The maximum atomic E-state index is 13.3. The molecule has 1 aliphatic rings. The van der Waals surface area contributed by atoms with Crippen LogP contribution in [0.1, 0.15) is 38.0 Å². The first-order chi connectivity index (χ1) is 12.7. The Morgan fingerprint density at radius 1 is 1.08 bits per heavy atom. The summed E-state index contributed by atoms with van der Waals surface area (Å²) < 4.78 is 5.21. The number of hydrogen-bond acceptors (Lipinski definition) is 3. The molecule has 1 amide bonds. The fourth-order valence-corrected chi connectivity index (χ4v) is 4.57. The zero-order chi connectivity index (χ0) is 18.1. The van der Waals surface area contributed by atoms with Crippen LogP contribution in [0.5, 0.6) is 5.75 Å². The van der Waals surface area contributed by atoms with Crippen LogP contribution >= 0.6 is 11.3 Å². The highest BCUT2D eigenvalue weighted by molar-refractivity contribution is 7.10. The topological polar surface area (TPSA) is 29.5 Å². The minimum absolute atomic E-state index is 0.0270. The van der Waals surface area contributed by atoms with Crippen molar-refractivity contribution in [1.82, 2.24) is 4.90 Å². The first-order valence-electron chi connectivity index (χ1n) is 8.76. The van der Waals surface area contributed by atoms with Crippen LogP contribution in [-0.2, 0) is 6.42 Å². The Balaban J connectivity index is 1.76. The van der Waals surface area contributed by atoms with E-state index in [-0.39, 0.29) is 11.9 Å². The number of nitrogens with zero attached hydrogens (tertiary/aromatic N) is 1. The fraction of sp³-hybridized carbons (Fsp3) is 0.227. The average molecular weight is 363 g/mol. The molecule has 0 N–H and O–H groups in total. The number of benzene rings is 2. The molecule has 4 rings (SSSR count). The lowest BCUT2D eigenvalue weighted by molar-refractivity contribution is 0.0695. The molecule has 0 bridgehead atoms. The van der Waals surface area contributed by atoms with Gasteiger partial charge >= 0.3 is 0 Å². The Labute approximate surface area is 157 Å². The number of carbonyl (C=O) groups is 1. The van der Waals surface area contributed by atoms with Crippen LogP contribution in [0.25, 0.3) is 0 Å². The summed E-state index contributed by atoms with van der Waals surface area (Å²) in [5, 5.41) is 2.14. The number of methoxy groups -OCH3 is 1. The lowest BCUT2D eigenvalue weighted by Gasteiger charge is -2.37. The van der Waals surface area contributed by atoms with Gasteiger partial charge in [0, 0.05) is 17.0 Å². The zero-order valence-electron chi connectivity index (χ0n) is 14.9. The number of aryl methyl sites for hydroxylation is 1. The maximum absolute atomic E-state index is 13.3. The number of hydrogen-bond donors (Lipinski definition) is 0.